The molecule has 1 saturated heterocycles. The zero-order chi connectivity index (χ0) is 17.4. The zero-order valence-corrected chi connectivity index (χ0v) is 14.3. The molecule has 0 spiro atoms. The molecule has 0 unspecified atom stereocenters. The lowest BCUT2D eigenvalue weighted by Gasteiger charge is -2.32. The minimum absolute atomic E-state index is 0.00613. The third kappa shape index (κ3) is 3.45. The van der Waals surface area contributed by atoms with Crippen molar-refractivity contribution in [3.8, 4) is 0 Å². The molecule has 2 rings (SSSR count). The average molecular weight is 339 g/mol. The van der Waals surface area contributed by atoms with E-state index in [0.717, 1.165) is 0 Å². The molecule has 1 aromatic carbocycles. The van der Waals surface area contributed by atoms with Crippen molar-refractivity contribution in [1.82, 2.24) is 0 Å². The smallest absolute Gasteiger partial charge is 0.478 e. The number of benzene rings is 1. The van der Waals surface area contributed by atoms with E-state index >= 15 is 0 Å². The number of carbonyl (C=O) groups is 1. The molecular formula is C16H20BClO5. The zero-order valence-electron chi connectivity index (χ0n) is 13.6. The maximum Gasteiger partial charge on any atom is 0.492 e. The van der Waals surface area contributed by atoms with E-state index in [-0.39, 0.29) is 17.2 Å². The fraction of sp³-hybridized carbons (Fsp3) is 0.438. The van der Waals surface area contributed by atoms with Crippen LogP contribution in [0.15, 0.2) is 23.7 Å². The van der Waals surface area contributed by atoms with Crippen molar-refractivity contribution in [2.75, 3.05) is 6.61 Å². The van der Waals surface area contributed by atoms with E-state index in [2.05, 4.69) is 0 Å². The number of rotatable bonds is 4. The number of aliphatic hydroxyl groups excluding tert-OH is 1. The number of carboxylic acid groups (broad SMARTS) is 1. The van der Waals surface area contributed by atoms with Gasteiger partial charge >= 0.3 is 13.1 Å². The summed E-state index contributed by atoms with van der Waals surface area (Å²) in [7, 11) is -0.713. The number of aliphatic hydroxyl groups is 1. The number of carboxylic acids is 1. The van der Waals surface area contributed by atoms with Crippen LogP contribution in [-0.2, 0) is 9.31 Å². The van der Waals surface area contributed by atoms with Gasteiger partial charge in [0.2, 0.25) is 0 Å². The Labute approximate surface area is 141 Å². The van der Waals surface area contributed by atoms with Crippen LogP contribution in [0.25, 0.3) is 6.08 Å². The molecule has 1 heterocycles. The Balaban J connectivity index is 2.38. The summed E-state index contributed by atoms with van der Waals surface area (Å²) in [4.78, 5) is 11.2. The average Bonchev–Trinajstić information content (AvgIpc) is 2.65. The second-order valence-electron chi connectivity index (χ2n) is 6.48. The lowest BCUT2D eigenvalue weighted by atomic mass is 9.77. The lowest BCUT2D eigenvalue weighted by Crippen LogP contribution is -2.41. The third-order valence-electron chi connectivity index (χ3n) is 4.34. The second-order valence-corrected chi connectivity index (χ2v) is 6.86. The predicted octanol–water partition coefficient (Wildman–Crippen LogP) is 3.05. The Morgan fingerprint density at radius 3 is 2.30 bits per heavy atom. The number of hydrogen-bond acceptors (Lipinski definition) is 4. The summed E-state index contributed by atoms with van der Waals surface area (Å²) in [6.45, 7) is 7.38. The van der Waals surface area contributed by atoms with Gasteiger partial charge in [0.15, 0.2) is 0 Å². The van der Waals surface area contributed by atoms with Crippen molar-refractivity contribution in [1.29, 1.82) is 0 Å². The number of halogens is 1. The highest BCUT2D eigenvalue weighted by atomic mass is 35.5. The maximum absolute atomic E-state index is 11.2. The third-order valence-corrected chi connectivity index (χ3v) is 4.76. The molecule has 1 aromatic rings. The number of hydrogen-bond donors (Lipinski definition) is 2. The van der Waals surface area contributed by atoms with E-state index < -0.39 is 24.3 Å². The summed E-state index contributed by atoms with van der Waals surface area (Å²) in [6.07, 6.45) is 1.61. The Morgan fingerprint density at radius 2 is 1.83 bits per heavy atom. The lowest BCUT2D eigenvalue weighted by molar-refractivity contribution is 0.00578. The Morgan fingerprint density at radius 1 is 1.26 bits per heavy atom. The quantitative estimate of drug-likeness (QED) is 0.825. The van der Waals surface area contributed by atoms with Gasteiger partial charge < -0.3 is 19.5 Å². The van der Waals surface area contributed by atoms with Crippen LogP contribution in [0.3, 0.4) is 0 Å². The molecule has 0 bridgehead atoms. The molecule has 1 fully saturated rings. The van der Waals surface area contributed by atoms with E-state index in [4.69, 9.17) is 26.0 Å². The van der Waals surface area contributed by atoms with Crippen molar-refractivity contribution >= 4 is 30.8 Å². The van der Waals surface area contributed by atoms with Crippen LogP contribution in [0.1, 0.15) is 43.6 Å². The van der Waals surface area contributed by atoms with Gasteiger partial charge in [-0.2, -0.15) is 0 Å². The first-order valence-corrected chi connectivity index (χ1v) is 7.65. The van der Waals surface area contributed by atoms with E-state index in [1.807, 2.05) is 27.7 Å². The van der Waals surface area contributed by atoms with Gasteiger partial charge in [0.1, 0.15) is 0 Å². The van der Waals surface area contributed by atoms with Crippen molar-refractivity contribution in [2.24, 2.45) is 0 Å². The van der Waals surface area contributed by atoms with E-state index in [9.17, 15) is 9.90 Å². The van der Waals surface area contributed by atoms with Gasteiger partial charge in [-0.05, 0) is 44.8 Å². The highest BCUT2D eigenvalue weighted by Crippen LogP contribution is 2.39. The highest BCUT2D eigenvalue weighted by Gasteiger charge is 2.52. The van der Waals surface area contributed by atoms with Gasteiger partial charge in [-0.15, -0.1) is 0 Å². The van der Waals surface area contributed by atoms with Crippen LogP contribution in [0.4, 0.5) is 0 Å². The molecule has 7 heteroatoms. The first-order chi connectivity index (χ1) is 10.6. The molecule has 23 heavy (non-hydrogen) atoms. The molecule has 124 valence electrons. The van der Waals surface area contributed by atoms with Gasteiger partial charge in [0.25, 0.3) is 0 Å². The summed E-state index contributed by atoms with van der Waals surface area (Å²) >= 11 is 6.13. The van der Waals surface area contributed by atoms with E-state index in [1.54, 1.807) is 18.2 Å². The molecular weight excluding hydrogens is 318 g/mol. The highest BCUT2D eigenvalue weighted by molar-refractivity contribution is 6.56. The molecule has 1 aliphatic rings. The topological polar surface area (TPSA) is 76.0 Å². The van der Waals surface area contributed by atoms with Crippen molar-refractivity contribution < 1.29 is 24.3 Å². The normalized spacial score (nSPS) is 19.9. The van der Waals surface area contributed by atoms with Crippen LogP contribution in [0.2, 0.25) is 5.02 Å². The molecule has 2 N–H and O–H groups in total. The van der Waals surface area contributed by atoms with Crippen molar-refractivity contribution in [2.45, 2.75) is 38.9 Å². The minimum Gasteiger partial charge on any atom is -0.478 e. The maximum atomic E-state index is 11.2. The molecule has 0 amide bonds. The van der Waals surface area contributed by atoms with Crippen molar-refractivity contribution in [3.63, 3.8) is 0 Å². The molecule has 5 nitrogen and oxygen atoms in total. The monoisotopic (exact) mass is 338 g/mol. The molecule has 0 atom stereocenters. The van der Waals surface area contributed by atoms with Crippen LogP contribution >= 0.6 is 11.6 Å². The van der Waals surface area contributed by atoms with Gasteiger partial charge in [0.05, 0.1) is 28.4 Å². The summed E-state index contributed by atoms with van der Waals surface area (Å²) in [5.41, 5.74) is -0.0814. The molecule has 0 aliphatic carbocycles. The van der Waals surface area contributed by atoms with Gasteiger partial charge in [-0.1, -0.05) is 29.8 Å². The molecule has 0 saturated carbocycles. The van der Waals surface area contributed by atoms with Gasteiger partial charge in [-0.25, -0.2) is 4.79 Å². The summed E-state index contributed by atoms with van der Waals surface area (Å²) in [5, 5.41) is 18.9. The second kappa shape index (κ2) is 6.28. The van der Waals surface area contributed by atoms with Gasteiger partial charge in [0, 0.05) is 0 Å². The summed E-state index contributed by atoms with van der Waals surface area (Å²) < 4.78 is 11.8. The van der Waals surface area contributed by atoms with E-state index in [1.165, 1.54) is 6.07 Å². The SMILES string of the molecule is CC1(C)OB(C(=Cc2cccc(C(=O)O)c2Cl)CO)OC1(C)C. The summed E-state index contributed by atoms with van der Waals surface area (Å²) in [6, 6.07) is 4.70. The number of aromatic carboxylic acids is 1. The Kier molecular flexibility index (Phi) is 4.92. The first-order valence-electron chi connectivity index (χ1n) is 7.28. The standard InChI is InChI=1S/C16H20BClO5/c1-15(2)16(3,4)23-17(22-15)11(9-19)8-10-6-5-7-12(13(10)18)14(20)21/h5-8,19H,9H2,1-4H3,(H,20,21). The van der Waals surface area contributed by atoms with Gasteiger partial charge in [-0.3, -0.25) is 0 Å². The predicted molar refractivity (Wildman–Crippen MR) is 89.6 cm³/mol. The Hall–Kier alpha value is -1.34. The van der Waals surface area contributed by atoms with Crippen LogP contribution in [-0.4, -0.2) is 41.1 Å². The van der Waals surface area contributed by atoms with Crippen LogP contribution < -0.4 is 0 Å². The van der Waals surface area contributed by atoms with Crippen LogP contribution in [0.5, 0.6) is 0 Å². The largest absolute Gasteiger partial charge is 0.492 e. The van der Waals surface area contributed by atoms with Crippen molar-refractivity contribution in [3.05, 3.63) is 39.8 Å². The fourth-order valence-electron chi connectivity index (χ4n) is 2.21. The fourth-order valence-corrected chi connectivity index (χ4v) is 2.47. The molecule has 1 aliphatic heterocycles. The van der Waals surface area contributed by atoms with E-state index in [0.29, 0.717) is 11.0 Å². The molecule has 0 radical (unpaired) electrons. The summed E-state index contributed by atoms with van der Waals surface area (Å²) in [5.74, 6) is -1.11. The van der Waals surface area contributed by atoms with Crippen LogP contribution in [0, 0.1) is 0 Å². The Bertz CT molecular complexity index is 638. The molecule has 0 aromatic heterocycles. The minimum atomic E-state index is -1.11. The first kappa shape index (κ1) is 18.0.